The average molecular weight is 431 g/mol. The molecular weight excluding hydrogens is 400 g/mol. The lowest BCUT2D eigenvalue weighted by Crippen LogP contribution is -2.46. The van der Waals surface area contributed by atoms with Crippen LogP contribution in [-0.4, -0.2) is 55.1 Å². The van der Waals surface area contributed by atoms with E-state index in [1.807, 2.05) is 12.1 Å². The number of carbonyl (C=O) groups is 1. The van der Waals surface area contributed by atoms with E-state index in [1.54, 1.807) is 0 Å². The third kappa shape index (κ3) is 4.70. The molecule has 3 heterocycles. The van der Waals surface area contributed by atoms with E-state index in [9.17, 15) is 4.79 Å². The van der Waals surface area contributed by atoms with Crippen molar-refractivity contribution >= 4 is 28.2 Å². The number of aromatic nitrogens is 1. The molecule has 0 radical (unpaired) electrons. The number of fused-ring (bicyclic) bond motifs is 2. The average Bonchev–Trinajstić information content (AvgIpc) is 2.83. The first-order valence-corrected chi connectivity index (χ1v) is 11.6. The maximum absolute atomic E-state index is 11.5. The smallest absolute Gasteiger partial charge is 0.225 e. The third-order valence-corrected chi connectivity index (χ3v) is 6.43. The zero-order chi connectivity index (χ0) is 21.8. The van der Waals surface area contributed by atoms with Crippen molar-refractivity contribution in [3.63, 3.8) is 0 Å². The summed E-state index contributed by atoms with van der Waals surface area (Å²) in [6.07, 6.45) is 3.39. The fourth-order valence-electron chi connectivity index (χ4n) is 4.61. The molecule has 1 N–H and O–H groups in total. The Morgan fingerprint density at radius 1 is 0.906 bits per heavy atom. The van der Waals surface area contributed by atoms with Crippen molar-refractivity contribution in [3.05, 3.63) is 60.2 Å². The highest BCUT2D eigenvalue weighted by Gasteiger charge is 2.19. The van der Waals surface area contributed by atoms with Gasteiger partial charge in [-0.15, -0.1) is 0 Å². The van der Waals surface area contributed by atoms with Crippen LogP contribution in [0.1, 0.15) is 24.8 Å². The summed E-state index contributed by atoms with van der Waals surface area (Å²) >= 11 is 0. The van der Waals surface area contributed by atoms with Gasteiger partial charge in [-0.1, -0.05) is 36.4 Å². The zero-order valence-corrected chi connectivity index (χ0v) is 18.4. The number of piperazine rings is 1. The Balaban J connectivity index is 1.04. The Labute approximate surface area is 189 Å². The molecule has 1 saturated heterocycles. The minimum atomic E-state index is 0.0303. The van der Waals surface area contributed by atoms with Crippen LogP contribution in [0.25, 0.3) is 10.8 Å². The van der Waals surface area contributed by atoms with Crippen LogP contribution in [0, 0.1) is 0 Å². The molecule has 166 valence electrons. The van der Waals surface area contributed by atoms with E-state index in [0.717, 1.165) is 57.5 Å². The number of hydrogen-bond acceptors (Lipinski definition) is 5. The number of anilines is 2. The van der Waals surface area contributed by atoms with Gasteiger partial charge in [0.05, 0.1) is 6.61 Å². The molecule has 2 aliphatic heterocycles. The second-order valence-corrected chi connectivity index (χ2v) is 8.59. The molecule has 0 spiro atoms. The highest BCUT2D eigenvalue weighted by molar-refractivity contribution is 5.94. The van der Waals surface area contributed by atoms with E-state index in [1.165, 1.54) is 16.5 Å². The van der Waals surface area contributed by atoms with Crippen LogP contribution < -0.4 is 15.0 Å². The number of benzene rings is 2. The van der Waals surface area contributed by atoms with Gasteiger partial charge in [0.2, 0.25) is 11.8 Å². The number of pyridine rings is 1. The molecule has 32 heavy (non-hydrogen) atoms. The lowest BCUT2D eigenvalue weighted by Gasteiger charge is -2.36. The largest absolute Gasteiger partial charge is 0.478 e. The van der Waals surface area contributed by atoms with Gasteiger partial charge in [0.25, 0.3) is 0 Å². The Morgan fingerprint density at radius 3 is 2.66 bits per heavy atom. The molecule has 2 aromatic carbocycles. The molecule has 5 rings (SSSR count). The molecule has 0 unspecified atom stereocenters. The van der Waals surface area contributed by atoms with E-state index in [-0.39, 0.29) is 5.91 Å². The van der Waals surface area contributed by atoms with Crippen molar-refractivity contribution in [1.29, 1.82) is 0 Å². The summed E-state index contributed by atoms with van der Waals surface area (Å²) in [6, 6.07) is 19.1. The van der Waals surface area contributed by atoms with E-state index >= 15 is 0 Å². The Bertz CT molecular complexity index is 1090. The summed E-state index contributed by atoms with van der Waals surface area (Å²) in [5.74, 6) is 1.28. The van der Waals surface area contributed by atoms with Gasteiger partial charge in [-0.25, -0.2) is 0 Å². The molecule has 0 bridgehead atoms. The Kier molecular flexibility index (Phi) is 6.21. The molecule has 0 aliphatic carbocycles. The van der Waals surface area contributed by atoms with Crippen LogP contribution in [0.5, 0.6) is 5.88 Å². The van der Waals surface area contributed by atoms with Gasteiger partial charge in [-0.05, 0) is 48.9 Å². The predicted octanol–water partition coefficient (Wildman–Crippen LogP) is 4.10. The second kappa shape index (κ2) is 9.57. The minimum absolute atomic E-state index is 0.0303. The summed E-state index contributed by atoms with van der Waals surface area (Å²) in [7, 11) is 0. The van der Waals surface area contributed by atoms with Crippen molar-refractivity contribution in [1.82, 2.24) is 9.88 Å². The number of ether oxygens (including phenoxy) is 1. The van der Waals surface area contributed by atoms with Crippen LogP contribution in [-0.2, 0) is 11.2 Å². The molecule has 1 aromatic heterocycles. The predicted molar refractivity (Wildman–Crippen MR) is 129 cm³/mol. The molecule has 0 atom stereocenters. The maximum Gasteiger partial charge on any atom is 0.225 e. The van der Waals surface area contributed by atoms with Crippen LogP contribution in [0.4, 0.5) is 11.5 Å². The van der Waals surface area contributed by atoms with Crippen molar-refractivity contribution in [2.45, 2.75) is 25.7 Å². The van der Waals surface area contributed by atoms with Crippen molar-refractivity contribution < 1.29 is 9.53 Å². The number of aryl methyl sites for hydroxylation is 1. The Hall–Kier alpha value is -3.12. The topological polar surface area (TPSA) is 57.7 Å². The standard InChI is InChI=1S/C26H30N4O2/c31-24-12-10-21-11-13-25(28-26(21)27-24)32-19-4-3-14-29-15-17-30(18-16-29)23-9-5-7-20-6-1-2-8-22(20)23/h1-2,5-9,11,13H,3-4,10,12,14-19H2,(H,27,28,31). The first-order valence-electron chi connectivity index (χ1n) is 11.6. The van der Waals surface area contributed by atoms with Gasteiger partial charge in [0.1, 0.15) is 5.82 Å². The van der Waals surface area contributed by atoms with E-state index in [4.69, 9.17) is 4.74 Å². The first kappa shape index (κ1) is 20.8. The van der Waals surface area contributed by atoms with Gasteiger partial charge < -0.3 is 15.0 Å². The quantitative estimate of drug-likeness (QED) is 0.572. The zero-order valence-electron chi connectivity index (χ0n) is 18.4. The normalized spacial score (nSPS) is 16.6. The number of rotatable bonds is 7. The summed E-state index contributed by atoms with van der Waals surface area (Å²) in [5.41, 5.74) is 2.43. The summed E-state index contributed by atoms with van der Waals surface area (Å²) in [5, 5.41) is 5.48. The monoisotopic (exact) mass is 430 g/mol. The molecule has 6 nitrogen and oxygen atoms in total. The third-order valence-electron chi connectivity index (χ3n) is 6.43. The lowest BCUT2D eigenvalue weighted by atomic mass is 10.1. The summed E-state index contributed by atoms with van der Waals surface area (Å²) in [6.45, 7) is 6.06. The molecule has 2 aliphatic rings. The van der Waals surface area contributed by atoms with Crippen LogP contribution in [0.15, 0.2) is 54.6 Å². The molecule has 1 fully saturated rings. The van der Waals surface area contributed by atoms with Crippen LogP contribution in [0.3, 0.4) is 0 Å². The fourth-order valence-corrected chi connectivity index (χ4v) is 4.61. The number of nitrogens with one attached hydrogen (secondary N) is 1. The number of nitrogens with zero attached hydrogens (tertiary/aromatic N) is 3. The maximum atomic E-state index is 11.5. The van der Waals surface area contributed by atoms with Crippen molar-refractivity contribution in [2.24, 2.45) is 0 Å². The lowest BCUT2D eigenvalue weighted by molar-refractivity contribution is -0.116. The fraction of sp³-hybridized carbons (Fsp3) is 0.385. The summed E-state index contributed by atoms with van der Waals surface area (Å²) in [4.78, 5) is 21.1. The number of unbranched alkanes of at least 4 members (excludes halogenated alkanes) is 1. The van der Waals surface area contributed by atoms with Crippen LogP contribution >= 0.6 is 0 Å². The van der Waals surface area contributed by atoms with E-state index in [0.29, 0.717) is 24.7 Å². The van der Waals surface area contributed by atoms with Crippen molar-refractivity contribution in [3.8, 4) is 5.88 Å². The highest BCUT2D eigenvalue weighted by atomic mass is 16.5. The Morgan fingerprint density at radius 2 is 1.75 bits per heavy atom. The number of hydrogen-bond donors (Lipinski definition) is 1. The van der Waals surface area contributed by atoms with Gasteiger partial charge in [0, 0.05) is 49.7 Å². The highest BCUT2D eigenvalue weighted by Crippen LogP contribution is 2.27. The van der Waals surface area contributed by atoms with Gasteiger partial charge in [0.15, 0.2) is 0 Å². The number of carbonyl (C=O) groups excluding carboxylic acids is 1. The van der Waals surface area contributed by atoms with Gasteiger partial charge in [-0.2, -0.15) is 4.98 Å². The molecule has 1 amide bonds. The molecule has 0 saturated carbocycles. The van der Waals surface area contributed by atoms with E-state index < -0.39 is 0 Å². The SMILES string of the molecule is O=C1CCc2ccc(OCCCCN3CCN(c4cccc5ccccc45)CC3)nc2N1. The molecule has 6 heteroatoms. The van der Waals surface area contributed by atoms with Crippen LogP contribution in [0.2, 0.25) is 0 Å². The van der Waals surface area contributed by atoms with E-state index in [2.05, 4.69) is 62.6 Å². The number of amides is 1. The van der Waals surface area contributed by atoms with Gasteiger partial charge in [-0.3, -0.25) is 9.69 Å². The molecule has 3 aromatic rings. The van der Waals surface area contributed by atoms with Crippen molar-refractivity contribution in [2.75, 3.05) is 49.5 Å². The second-order valence-electron chi connectivity index (χ2n) is 8.59. The minimum Gasteiger partial charge on any atom is -0.478 e. The molecular formula is C26H30N4O2. The summed E-state index contributed by atoms with van der Waals surface area (Å²) < 4.78 is 5.82. The van der Waals surface area contributed by atoms with Gasteiger partial charge >= 0.3 is 0 Å². The first-order chi connectivity index (χ1) is 15.8.